The van der Waals surface area contributed by atoms with Gasteiger partial charge in [-0.3, -0.25) is 0 Å². The van der Waals surface area contributed by atoms with E-state index in [2.05, 4.69) is 24.5 Å². The van der Waals surface area contributed by atoms with Gasteiger partial charge in [0.15, 0.2) is 0 Å². The molecule has 0 aliphatic heterocycles. The van der Waals surface area contributed by atoms with E-state index >= 15 is 0 Å². The molecule has 2 heteroatoms. The van der Waals surface area contributed by atoms with Crippen LogP contribution >= 0.6 is 0 Å². The van der Waals surface area contributed by atoms with Gasteiger partial charge in [0.25, 0.3) is 0 Å². The van der Waals surface area contributed by atoms with Gasteiger partial charge >= 0.3 is 0 Å². The Morgan fingerprint density at radius 1 is 1.08 bits per heavy atom. The molecule has 0 unspecified atom stereocenters. The fourth-order valence-electron chi connectivity index (χ4n) is 2.04. The molecule has 80 valence electrons. The molecule has 1 rings (SSSR count). The maximum Gasteiger partial charge on any atom is 0.000942 e. The van der Waals surface area contributed by atoms with Crippen molar-refractivity contribution < 1.29 is 0 Å². The minimum atomic E-state index is 1.02. The Hall–Kier alpha value is -0.0800. The van der Waals surface area contributed by atoms with Gasteiger partial charge in [0.2, 0.25) is 0 Å². The van der Waals surface area contributed by atoms with Crippen molar-refractivity contribution in [3.8, 4) is 0 Å². The molecule has 0 saturated heterocycles. The van der Waals surface area contributed by atoms with E-state index in [4.69, 9.17) is 0 Å². The highest BCUT2D eigenvalue weighted by molar-refractivity contribution is 4.70. The van der Waals surface area contributed by atoms with Crippen molar-refractivity contribution in [3.63, 3.8) is 0 Å². The summed E-state index contributed by atoms with van der Waals surface area (Å²) in [6.45, 7) is 8.34. The van der Waals surface area contributed by atoms with Crippen molar-refractivity contribution in [2.45, 2.75) is 39.5 Å². The van der Waals surface area contributed by atoms with Crippen molar-refractivity contribution in [2.75, 3.05) is 26.7 Å². The van der Waals surface area contributed by atoms with Gasteiger partial charge in [-0.15, -0.1) is 0 Å². The van der Waals surface area contributed by atoms with Gasteiger partial charge in [-0.1, -0.05) is 26.7 Å². The molecule has 0 spiro atoms. The average Bonchev–Trinajstić information content (AvgIpc) is 2.70. The standard InChI is InChI=1S/C10H21N.CH5N/c1-3-11(4-2)9-10-7-5-6-8-10;1-2/h10H,3-9H2,1-2H3;2H2,1H3. The van der Waals surface area contributed by atoms with Gasteiger partial charge in [0.05, 0.1) is 0 Å². The summed E-state index contributed by atoms with van der Waals surface area (Å²) in [5, 5.41) is 0. The van der Waals surface area contributed by atoms with Gasteiger partial charge in [-0.25, -0.2) is 0 Å². The summed E-state index contributed by atoms with van der Waals surface area (Å²) in [7, 11) is 1.50. The quantitative estimate of drug-likeness (QED) is 0.728. The Bertz CT molecular complexity index is 94.3. The molecular formula is C11H26N2. The molecule has 2 N–H and O–H groups in total. The molecule has 0 atom stereocenters. The third-order valence-corrected chi connectivity index (χ3v) is 2.89. The van der Waals surface area contributed by atoms with E-state index < -0.39 is 0 Å². The first-order valence-electron chi connectivity index (χ1n) is 5.66. The first-order chi connectivity index (χ1) is 6.36. The van der Waals surface area contributed by atoms with E-state index in [1.165, 1.54) is 52.4 Å². The molecule has 13 heavy (non-hydrogen) atoms. The molecule has 0 aromatic rings. The van der Waals surface area contributed by atoms with Crippen molar-refractivity contribution in [3.05, 3.63) is 0 Å². The molecule has 0 radical (unpaired) electrons. The number of hydrogen-bond donors (Lipinski definition) is 1. The second kappa shape index (κ2) is 8.52. The van der Waals surface area contributed by atoms with Crippen molar-refractivity contribution in [1.82, 2.24) is 4.90 Å². The Morgan fingerprint density at radius 2 is 1.54 bits per heavy atom. The van der Waals surface area contributed by atoms with Crippen LogP contribution in [0, 0.1) is 5.92 Å². The largest absolute Gasteiger partial charge is 0.333 e. The zero-order valence-corrected chi connectivity index (χ0v) is 9.55. The average molecular weight is 186 g/mol. The highest BCUT2D eigenvalue weighted by Crippen LogP contribution is 2.25. The van der Waals surface area contributed by atoms with Gasteiger partial charge in [-0.05, 0) is 38.9 Å². The summed E-state index contributed by atoms with van der Waals surface area (Å²) in [6, 6.07) is 0. The second-order valence-corrected chi connectivity index (χ2v) is 3.64. The summed E-state index contributed by atoms with van der Waals surface area (Å²) < 4.78 is 0. The van der Waals surface area contributed by atoms with Crippen LogP contribution in [-0.4, -0.2) is 31.6 Å². The summed E-state index contributed by atoms with van der Waals surface area (Å²) in [6.07, 6.45) is 5.92. The van der Waals surface area contributed by atoms with E-state index in [0.29, 0.717) is 0 Å². The van der Waals surface area contributed by atoms with Crippen LogP contribution in [0.25, 0.3) is 0 Å². The van der Waals surface area contributed by atoms with E-state index in [1.807, 2.05) is 0 Å². The summed E-state index contributed by atoms with van der Waals surface area (Å²) in [5.74, 6) is 1.02. The van der Waals surface area contributed by atoms with E-state index in [1.54, 1.807) is 0 Å². The first-order valence-corrected chi connectivity index (χ1v) is 5.66. The van der Waals surface area contributed by atoms with Crippen LogP contribution in [-0.2, 0) is 0 Å². The normalized spacial score (nSPS) is 17.3. The molecule has 2 nitrogen and oxygen atoms in total. The van der Waals surface area contributed by atoms with Crippen LogP contribution in [0.5, 0.6) is 0 Å². The second-order valence-electron chi connectivity index (χ2n) is 3.64. The lowest BCUT2D eigenvalue weighted by atomic mass is 10.1. The van der Waals surface area contributed by atoms with Crippen LogP contribution in [0.3, 0.4) is 0 Å². The maximum absolute atomic E-state index is 4.50. The minimum absolute atomic E-state index is 1.02. The summed E-state index contributed by atoms with van der Waals surface area (Å²) >= 11 is 0. The Balaban J connectivity index is 0.000000671. The third kappa shape index (κ3) is 5.27. The topological polar surface area (TPSA) is 29.3 Å². The highest BCUT2D eigenvalue weighted by atomic mass is 15.1. The summed E-state index contributed by atoms with van der Waals surface area (Å²) in [5.41, 5.74) is 4.50. The zero-order chi connectivity index (χ0) is 10.1. The maximum atomic E-state index is 4.50. The predicted molar refractivity (Wildman–Crippen MR) is 59.9 cm³/mol. The fourth-order valence-corrected chi connectivity index (χ4v) is 2.04. The Kier molecular flexibility index (Phi) is 8.46. The monoisotopic (exact) mass is 186 g/mol. The lowest BCUT2D eigenvalue weighted by Crippen LogP contribution is -2.28. The minimum Gasteiger partial charge on any atom is -0.333 e. The van der Waals surface area contributed by atoms with Gasteiger partial charge in [-0.2, -0.15) is 0 Å². The lowest BCUT2D eigenvalue weighted by Gasteiger charge is -2.21. The van der Waals surface area contributed by atoms with E-state index in [0.717, 1.165) is 5.92 Å². The van der Waals surface area contributed by atoms with E-state index in [-0.39, 0.29) is 0 Å². The molecule has 1 aliphatic rings. The SMILES string of the molecule is CCN(CC)CC1CCCC1.CN. The molecule has 0 amide bonds. The lowest BCUT2D eigenvalue weighted by molar-refractivity contribution is 0.254. The van der Waals surface area contributed by atoms with E-state index in [9.17, 15) is 0 Å². The van der Waals surface area contributed by atoms with Crippen molar-refractivity contribution in [2.24, 2.45) is 11.7 Å². The van der Waals surface area contributed by atoms with Crippen molar-refractivity contribution >= 4 is 0 Å². The first kappa shape index (κ1) is 12.9. The highest BCUT2D eigenvalue weighted by Gasteiger charge is 2.16. The molecular weight excluding hydrogens is 160 g/mol. The molecule has 1 saturated carbocycles. The number of rotatable bonds is 4. The van der Waals surface area contributed by atoms with Crippen LogP contribution in [0.2, 0.25) is 0 Å². The number of nitrogens with zero attached hydrogens (tertiary/aromatic N) is 1. The van der Waals surface area contributed by atoms with Crippen LogP contribution in [0.4, 0.5) is 0 Å². The van der Waals surface area contributed by atoms with Crippen LogP contribution in [0.1, 0.15) is 39.5 Å². The Morgan fingerprint density at radius 3 is 1.92 bits per heavy atom. The van der Waals surface area contributed by atoms with Gasteiger partial charge in [0.1, 0.15) is 0 Å². The number of nitrogens with two attached hydrogens (primary N) is 1. The smallest absolute Gasteiger partial charge is 0.000942 e. The number of hydrogen-bond acceptors (Lipinski definition) is 2. The van der Waals surface area contributed by atoms with Crippen LogP contribution in [0.15, 0.2) is 0 Å². The zero-order valence-electron chi connectivity index (χ0n) is 9.55. The molecule has 1 aliphatic carbocycles. The molecule has 0 aromatic heterocycles. The fraction of sp³-hybridized carbons (Fsp3) is 1.00. The molecule has 1 fully saturated rings. The molecule has 0 heterocycles. The van der Waals surface area contributed by atoms with Crippen LogP contribution < -0.4 is 5.73 Å². The molecule has 0 aromatic carbocycles. The predicted octanol–water partition coefficient (Wildman–Crippen LogP) is 2.09. The molecule has 0 bridgehead atoms. The third-order valence-electron chi connectivity index (χ3n) is 2.89. The Labute approximate surface area is 83.5 Å². The summed E-state index contributed by atoms with van der Waals surface area (Å²) in [4.78, 5) is 2.55. The van der Waals surface area contributed by atoms with Gasteiger partial charge < -0.3 is 10.6 Å². The van der Waals surface area contributed by atoms with Gasteiger partial charge in [0, 0.05) is 6.54 Å². The van der Waals surface area contributed by atoms with Crippen molar-refractivity contribution in [1.29, 1.82) is 0 Å².